The molecule has 0 spiro atoms. The fourth-order valence-corrected chi connectivity index (χ4v) is 4.77. The van der Waals surface area contributed by atoms with E-state index in [0.717, 1.165) is 36.1 Å². The minimum absolute atomic E-state index is 0.0538. The summed E-state index contributed by atoms with van der Waals surface area (Å²) in [5.41, 5.74) is 12.1. The number of aliphatic imine (C=N–C) groups is 1. The van der Waals surface area contributed by atoms with Crippen LogP contribution in [0.4, 0.5) is 0 Å². The summed E-state index contributed by atoms with van der Waals surface area (Å²) in [4.78, 5) is 16.9. The molecule has 0 bridgehead atoms. The second kappa shape index (κ2) is 9.60. The van der Waals surface area contributed by atoms with Crippen LogP contribution in [0.1, 0.15) is 37.7 Å². The molecule has 0 saturated heterocycles. The lowest BCUT2D eigenvalue weighted by molar-refractivity contribution is -0.437. The molecular weight excluding hydrogens is 388 g/mol. The number of nitrogens with one attached hydrogen (secondary N) is 2. The van der Waals surface area contributed by atoms with Gasteiger partial charge in [-0.05, 0) is 68.4 Å². The van der Waals surface area contributed by atoms with E-state index in [0.29, 0.717) is 37.3 Å². The Morgan fingerprint density at radius 1 is 1.28 bits per heavy atom. The van der Waals surface area contributed by atoms with Crippen molar-refractivity contribution in [3.63, 3.8) is 0 Å². The first-order valence-corrected chi connectivity index (χ1v) is 11.2. The Morgan fingerprint density at radius 2 is 1.97 bits per heavy atom. The van der Waals surface area contributed by atoms with Gasteiger partial charge in [-0.2, -0.15) is 0 Å². The van der Waals surface area contributed by atoms with Gasteiger partial charge in [0.1, 0.15) is 0 Å². The Labute approximate surface area is 175 Å². The van der Waals surface area contributed by atoms with Gasteiger partial charge in [0.05, 0.1) is 17.7 Å². The van der Waals surface area contributed by atoms with Crippen LogP contribution in [0.2, 0.25) is 0 Å². The van der Waals surface area contributed by atoms with E-state index in [1.807, 2.05) is 24.5 Å². The molecule has 9 heteroatoms. The number of guanidine groups is 1. The summed E-state index contributed by atoms with van der Waals surface area (Å²) < 4.78 is 0. The van der Waals surface area contributed by atoms with Crippen LogP contribution >= 0.6 is 11.8 Å². The minimum atomic E-state index is -1.24. The average molecular weight is 419 g/mol. The third kappa shape index (κ3) is 5.29. The number of nitro groups is 1. The number of thioether (sulfide) groups is 1. The minimum Gasteiger partial charge on any atom is -0.330 e. The van der Waals surface area contributed by atoms with Gasteiger partial charge in [0.25, 0.3) is 0 Å². The molecule has 0 radical (unpaired) electrons. The normalized spacial score (nSPS) is 28.4. The van der Waals surface area contributed by atoms with Gasteiger partial charge in [-0.1, -0.05) is 18.2 Å². The van der Waals surface area contributed by atoms with Gasteiger partial charge in [-0.3, -0.25) is 15.8 Å². The monoisotopic (exact) mass is 418 g/mol. The summed E-state index contributed by atoms with van der Waals surface area (Å²) in [5.74, 6) is 1.35. The molecule has 0 aromatic heterocycles. The maximum absolute atomic E-state index is 11.6. The van der Waals surface area contributed by atoms with E-state index in [2.05, 4.69) is 21.7 Å². The second-order valence-corrected chi connectivity index (χ2v) is 8.68. The molecule has 1 unspecified atom stereocenters. The van der Waals surface area contributed by atoms with Crippen LogP contribution in [0.15, 0.2) is 46.1 Å². The topological polar surface area (TPSA) is 132 Å². The number of hydrogen-bond donors (Lipinski definition) is 4. The highest BCUT2D eigenvalue weighted by Crippen LogP contribution is 2.34. The largest absolute Gasteiger partial charge is 0.330 e. The van der Waals surface area contributed by atoms with Crippen molar-refractivity contribution < 1.29 is 4.92 Å². The van der Waals surface area contributed by atoms with E-state index in [1.54, 1.807) is 11.8 Å². The summed E-state index contributed by atoms with van der Waals surface area (Å²) in [7, 11) is 0. The predicted molar refractivity (Wildman–Crippen MR) is 117 cm³/mol. The van der Waals surface area contributed by atoms with E-state index in [1.165, 1.54) is 6.20 Å². The molecular formula is C20H30N6O2S. The molecule has 1 aromatic rings. The van der Waals surface area contributed by atoms with Crippen molar-refractivity contribution in [2.75, 3.05) is 12.8 Å². The molecule has 1 aliphatic heterocycles. The predicted octanol–water partition coefficient (Wildman–Crippen LogP) is 2.39. The smallest absolute Gasteiger partial charge is 0.301 e. The molecule has 1 atom stereocenters. The van der Waals surface area contributed by atoms with Crippen molar-refractivity contribution in [1.29, 1.82) is 0 Å². The molecule has 29 heavy (non-hydrogen) atoms. The van der Waals surface area contributed by atoms with E-state index in [9.17, 15) is 10.1 Å². The summed E-state index contributed by atoms with van der Waals surface area (Å²) in [6.45, 7) is 1.17. The number of nitrogens with two attached hydrogens (primary N) is 2. The quantitative estimate of drug-likeness (QED) is 0.304. The lowest BCUT2D eigenvalue weighted by atomic mass is 9.77. The highest BCUT2D eigenvalue weighted by atomic mass is 32.2. The van der Waals surface area contributed by atoms with Crippen LogP contribution in [0.3, 0.4) is 0 Å². The SMILES string of the molecule is CSc1ccccc1CN=C1NC=C([N+](=O)[O-])C(N)(CC2CCC(CN)CC2)N1. The van der Waals surface area contributed by atoms with E-state index >= 15 is 0 Å². The first kappa shape index (κ1) is 21.6. The molecule has 3 rings (SSSR count). The molecule has 1 heterocycles. The molecule has 158 valence electrons. The Bertz CT molecular complexity index is 791. The van der Waals surface area contributed by atoms with Crippen LogP contribution in [0.25, 0.3) is 0 Å². The highest BCUT2D eigenvalue weighted by molar-refractivity contribution is 7.98. The van der Waals surface area contributed by atoms with E-state index in [4.69, 9.17) is 11.5 Å². The Balaban J connectivity index is 1.74. The highest BCUT2D eigenvalue weighted by Gasteiger charge is 2.44. The molecule has 2 aliphatic rings. The zero-order valence-corrected chi connectivity index (χ0v) is 17.6. The first-order valence-electron chi connectivity index (χ1n) is 10.00. The number of rotatable bonds is 7. The number of hydrogen-bond acceptors (Lipinski definition) is 6. The fraction of sp³-hybridized carbons (Fsp3) is 0.550. The van der Waals surface area contributed by atoms with E-state index in [-0.39, 0.29) is 5.70 Å². The standard InChI is InChI=1S/C20H30N6O2S/c1-29-17-5-3-2-4-16(17)12-23-19-24-13-18(26(27)28)20(22,25-19)10-14-6-8-15(11-21)9-7-14/h2-5,13-15H,6-12,21-22H2,1H3,(H2,23,24,25). The van der Waals surface area contributed by atoms with Gasteiger partial charge in [0.15, 0.2) is 11.6 Å². The zero-order valence-electron chi connectivity index (χ0n) is 16.8. The maximum atomic E-state index is 11.6. The second-order valence-electron chi connectivity index (χ2n) is 7.83. The Hall–Kier alpha value is -2.10. The molecule has 1 fully saturated rings. The molecule has 6 N–H and O–H groups in total. The van der Waals surface area contributed by atoms with Gasteiger partial charge in [-0.25, -0.2) is 4.99 Å². The molecule has 8 nitrogen and oxygen atoms in total. The number of nitrogens with zero attached hydrogens (tertiary/aromatic N) is 2. The van der Waals surface area contributed by atoms with Crippen molar-refractivity contribution in [3.05, 3.63) is 51.8 Å². The van der Waals surface area contributed by atoms with Gasteiger partial charge in [0.2, 0.25) is 0 Å². The van der Waals surface area contributed by atoms with Crippen molar-refractivity contribution in [3.8, 4) is 0 Å². The van der Waals surface area contributed by atoms with Crippen LogP contribution < -0.4 is 22.1 Å². The van der Waals surface area contributed by atoms with Crippen molar-refractivity contribution in [1.82, 2.24) is 10.6 Å². The molecule has 1 saturated carbocycles. The Kier molecular flexibility index (Phi) is 7.15. The third-order valence-electron chi connectivity index (χ3n) is 5.85. The van der Waals surface area contributed by atoms with Crippen molar-refractivity contribution >= 4 is 17.7 Å². The van der Waals surface area contributed by atoms with E-state index < -0.39 is 10.6 Å². The molecule has 1 aromatic carbocycles. The summed E-state index contributed by atoms with van der Waals surface area (Å²) in [6.07, 6.45) is 8.00. The lowest BCUT2D eigenvalue weighted by Gasteiger charge is -2.37. The zero-order chi connectivity index (χ0) is 20.9. The molecule has 0 amide bonds. The van der Waals surface area contributed by atoms with Crippen LogP contribution in [-0.2, 0) is 6.54 Å². The average Bonchev–Trinajstić information content (AvgIpc) is 2.72. The fourth-order valence-electron chi connectivity index (χ4n) is 4.16. The summed E-state index contributed by atoms with van der Waals surface area (Å²) in [6, 6.07) is 8.06. The third-order valence-corrected chi connectivity index (χ3v) is 6.69. The van der Waals surface area contributed by atoms with Gasteiger partial charge < -0.3 is 16.4 Å². The van der Waals surface area contributed by atoms with Crippen LogP contribution in [0, 0.1) is 22.0 Å². The first-order chi connectivity index (χ1) is 13.9. The van der Waals surface area contributed by atoms with Crippen LogP contribution in [0.5, 0.6) is 0 Å². The van der Waals surface area contributed by atoms with Crippen molar-refractivity contribution in [2.45, 2.75) is 49.2 Å². The summed E-state index contributed by atoms with van der Waals surface area (Å²) in [5, 5.41) is 17.6. The van der Waals surface area contributed by atoms with Gasteiger partial charge >= 0.3 is 5.70 Å². The molecule has 1 aliphatic carbocycles. The maximum Gasteiger partial charge on any atom is 0.301 e. The van der Waals surface area contributed by atoms with Crippen LogP contribution in [-0.4, -0.2) is 29.3 Å². The lowest BCUT2D eigenvalue weighted by Crippen LogP contribution is -2.64. The Morgan fingerprint density at radius 3 is 2.62 bits per heavy atom. The number of benzene rings is 1. The van der Waals surface area contributed by atoms with Gasteiger partial charge in [0, 0.05) is 4.90 Å². The summed E-state index contributed by atoms with van der Waals surface area (Å²) >= 11 is 1.67. The van der Waals surface area contributed by atoms with Gasteiger partial charge in [-0.15, -0.1) is 11.8 Å². The van der Waals surface area contributed by atoms with Crippen molar-refractivity contribution in [2.24, 2.45) is 28.3 Å².